The van der Waals surface area contributed by atoms with Crippen molar-refractivity contribution in [3.8, 4) is 17.0 Å². The number of H-pyrrole nitrogens is 1. The smallest absolute Gasteiger partial charge is 0.236 e. The number of fused-ring (bicyclic) bond motifs is 2. The standard InChI is InChI=1S/C25H30N6O3/c1-15(2)23-18-9-16(21-13-30(7-8-34-21)22(32)11-26-3)5-6-19(18)29-24(23)17-10-20(33-4)25-27-14-28-31(25)12-17/h5-6,9-10,12,14-15,21,26,29H,7-8,11,13H2,1-4H3. The van der Waals surface area contributed by atoms with Crippen LogP contribution in [0.1, 0.15) is 37.0 Å². The summed E-state index contributed by atoms with van der Waals surface area (Å²) in [5.41, 5.74) is 6.05. The van der Waals surface area contributed by atoms with Crippen LogP contribution in [0.5, 0.6) is 5.75 Å². The molecule has 0 bridgehead atoms. The molecule has 0 aliphatic carbocycles. The average Bonchev–Trinajstić information content (AvgIpc) is 3.47. The Morgan fingerprint density at radius 2 is 2.21 bits per heavy atom. The van der Waals surface area contributed by atoms with E-state index in [0.29, 0.717) is 37.6 Å². The number of hydrogen-bond acceptors (Lipinski definition) is 6. The van der Waals surface area contributed by atoms with E-state index in [1.807, 2.05) is 17.2 Å². The largest absolute Gasteiger partial charge is 0.493 e. The van der Waals surface area contributed by atoms with E-state index in [-0.39, 0.29) is 17.9 Å². The number of aromatic amines is 1. The summed E-state index contributed by atoms with van der Waals surface area (Å²) in [5.74, 6) is 1.05. The minimum absolute atomic E-state index is 0.0983. The number of nitrogens with zero attached hydrogens (tertiary/aromatic N) is 4. The normalized spacial score (nSPS) is 16.6. The third kappa shape index (κ3) is 3.91. The molecule has 9 heteroatoms. The minimum Gasteiger partial charge on any atom is -0.493 e. The van der Waals surface area contributed by atoms with Gasteiger partial charge in [0.25, 0.3) is 0 Å². The van der Waals surface area contributed by atoms with Crippen molar-refractivity contribution in [2.24, 2.45) is 0 Å². The Labute approximate surface area is 198 Å². The first-order valence-electron chi connectivity index (χ1n) is 11.6. The van der Waals surface area contributed by atoms with E-state index in [1.54, 1.807) is 18.7 Å². The molecule has 34 heavy (non-hydrogen) atoms. The van der Waals surface area contributed by atoms with Crippen LogP contribution in [0.2, 0.25) is 0 Å². The summed E-state index contributed by atoms with van der Waals surface area (Å²) < 4.78 is 13.4. The maximum absolute atomic E-state index is 12.4. The monoisotopic (exact) mass is 462 g/mol. The Morgan fingerprint density at radius 1 is 1.35 bits per heavy atom. The lowest BCUT2D eigenvalue weighted by molar-refractivity contribution is -0.137. The van der Waals surface area contributed by atoms with Crippen molar-refractivity contribution >= 4 is 22.5 Å². The molecule has 3 aromatic heterocycles. The molecule has 178 valence electrons. The number of carbonyl (C=O) groups excluding carboxylic acids is 1. The molecular formula is C25H30N6O3. The molecule has 1 amide bonds. The highest BCUT2D eigenvalue weighted by Gasteiger charge is 2.26. The third-order valence-corrected chi connectivity index (χ3v) is 6.41. The van der Waals surface area contributed by atoms with E-state index in [0.717, 1.165) is 27.7 Å². The number of likely N-dealkylation sites (N-methyl/N-ethyl adjacent to an activating group) is 1. The molecular weight excluding hydrogens is 432 g/mol. The van der Waals surface area contributed by atoms with Gasteiger partial charge in [-0.2, -0.15) is 5.10 Å². The second-order valence-corrected chi connectivity index (χ2v) is 8.93. The van der Waals surface area contributed by atoms with Crippen LogP contribution in [0.3, 0.4) is 0 Å². The molecule has 4 aromatic rings. The SMILES string of the molecule is CNCC(=O)N1CCOC(c2ccc3[nH]c(-c4cc(OC)c5ncnn5c4)c(C(C)C)c3c2)C1. The van der Waals surface area contributed by atoms with E-state index in [1.165, 1.54) is 11.9 Å². The molecule has 1 fully saturated rings. The summed E-state index contributed by atoms with van der Waals surface area (Å²) in [6.45, 7) is 6.44. The lowest BCUT2D eigenvalue weighted by Gasteiger charge is -2.33. The summed E-state index contributed by atoms with van der Waals surface area (Å²) >= 11 is 0. The first kappa shape index (κ1) is 22.4. The molecule has 1 atom stereocenters. The molecule has 0 saturated carbocycles. The third-order valence-electron chi connectivity index (χ3n) is 6.41. The molecule has 1 saturated heterocycles. The van der Waals surface area contributed by atoms with Gasteiger partial charge in [0, 0.05) is 29.2 Å². The van der Waals surface area contributed by atoms with Crippen molar-refractivity contribution in [2.45, 2.75) is 25.9 Å². The Kier molecular flexibility index (Phi) is 5.97. The fourth-order valence-corrected chi connectivity index (χ4v) is 4.78. The van der Waals surface area contributed by atoms with Crippen molar-refractivity contribution in [3.63, 3.8) is 0 Å². The van der Waals surface area contributed by atoms with Crippen molar-refractivity contribution in [2.75, 3.05) is 40.4 Å². The molecule has 5 rings (SSSR count). The van der Waals surface area contributed by atoms with Crippen LogP contribution in [-0.4, -0.2) is 70.8 Å². The zero-order valence-electron chi connectivity index (χ0n) is 20.0. The zero-order chi connectivity index (χ0) is 23.8. The molecule has 0 radical (unpaired) electrons. The van der Waals surface area contributed by atoms with Crippen molar-refractivity contribution in [1.82, 2.24) is 29.8 Å². The summed E-state index contributed by atoms with van der Waals surface area (Å²) in [6.07, 6.45) is 3.35. The second kappa shape index (κ2) is 9.08. The highest BCUT2D eigenvalue weighted by molar-refractivity contribution is 5.92. The minimum atomic E-state index is -0.149. The second-order valence-electron chi connectivity index (χ2n) is 8.93. The van der Waals surface area contributed by atoms with Crippen LogP contribution >= 0.6 is 0 Å². The first-order valence-corrected chi connectivity index (χ1v) is 11.6. The van der Waals surface area contributed by atoms with Crippen LogP contribution in [0, 0.1) is 0 Å². The van der Waals surface area contributed by atoms with Crippen LogP contribution in [0.25, 0.3) is 27.8 Å². The van der Waals surface area contributed by atoms with Crippen LogP contribution in [0.15, 0.2) is 36.8 Å². The number of amides is 1. The Bertz CT molecular complexity index is 1340. The highest BCUT2D eigenvalue weighted by atomic mass is 16.5. The van der Waals surface area contributed by atoms with Crippen molar-refractivity contribution in [3.05, 3.63) is 47.9 Å². The van der Waals surface area contributed by atoms with Gasteiger partial charge in [-0.15, -0.1) is 0 Å². The molecule has 1 unspecified atom stereocenters. The van der Waals surface area contributed by atoms with Gasteiger partial charge in [0.2, 0.25) is 5.91 Å². The Hall–Kier alpha value is -3.43. The van der Waals surface area contributed by atoms with Gasteiger partial charge in [0.05, 0.1) is 32.5 Å². The molecule has 9 nitrogen and oxygen atoms in total. The van der Waals surface area contributed by atoms with E-state index in [2.05, 4.69) is 52.4 Å². The number of hydrogen-bond donors (Lipinski definition) is 2. The highest BCUT2D eigenvalue weighted by Crippen LogP contribution is 2.38. The van der Waals surface area contributed by atoms with Crippen LogP contribution < -0.4 is 10.1 Å². The number of benzene rings is 1. The quantitative estimate of drug-likeness (QED) is 0.457. The van der Waals surface area contributed by atoms with Crippen LogP contribution in [0.4, 0.5) is 0 Å². The Balaban J connectivity index is 1.56. The summed E-state index contributed by atoms with van der Waals surface area (Å²) in [4.78, 5) is 22.2. The Morgan fingerprint density at radius 3 is 2.97 bits per heavy atom. The first-order chi connectivity index (χ1) is 16.5. The molecule has 2 N–H and O–H groups in total. The number of pyridine rings is 1. The number of rotatable bonds is 6. The van der Waals surface area contributed by atoms with Crippen molar-refractivity contribution in [1.29, 1.82) is 0 Å². The number of aromatic nitrogens is 4. The van der Waals surface area contributed by atoms with E-state index >= 15 is 0 Å². The maximum atomic E-state index is 12.4. The van der Waals surface area contributed by atoms with Gasteiger partial charge in [-0.05, 0) is 42.3 Å². The van der Waals surface area contributed by atoms with E-state index in [4.69, 9.17) is 9.47 Å². The summed E-state index contributed by atoms with van der Waals surface area (Å²) in [6, 6.07) is 8.39. The lowest BCUT2D eigenvalue weighted by atomic mass is 9.95. The molecule has 1 aliphatic rings. The fraction of sp³-hybridized carbons (Fsp3) is 0.400. The predicted molar refractivity (Wildman–Crippen MR) is 130 cm³/mol. The molecule has 1 aliphatic heterocycles. The van der Waals surface area contributed by atoms with E-state index in [9.17, 15) is 4.79 Å². The molecule has 1 aromatic carbocycles. The van der Waals surface area contributed by atoms with E-state index < -0.39 is 0 Å². The summed E-state index contributed by atoms with van der Waals surface area (Å²) in [5, 5.41) is 8.41. The van der Waals surface area contributed by atoms with Gasteiger partial charge in [0.1, 0.15) is 12.4 Å². The number of nitrogens with one attached hydrogen (secondary N) is 2. The number of methoxy groups -OCH3 is 1. The average molecular weight is 463 g/mol. The lowest BCUT2D eigenvalue weighted by Crippen LogP contribution is -2.45. The van der Waals surface area contributed by atoms with Gasteiger partial charge in [-0.1, -0.05) is 19.9 Å². The van der Waals surface area contributed by atoms with Gasteiger partial charge in [-0.3, -0.25) is 4.79 Å². The zero-order valence-corrected chi connectivity index (χ0v) is 20.0. The number of morpholine rings is 1. The molecule has 0 spiro atoms. The van der Waals surface area contributed by atoms with Gasteiger partial charge < -0.3 is 24.7 Å². The number of carbonyl (C=O) groups is 1. The fourth-order valence-electron chi connectivity index (χ4n) is 4.78. The maximum Gasteiger partial charge on any atom is 0.236 e. The van der Waals surface area contributed by atoms with Crippen molar-refractivity contribution < 1.29 is 14.3 Å². The predicted octanol–water partition coefficient (Wildman–Crippen LogP) is 3.13. The van der Waals surface area contributed by atoms with Gasteiger partial charge in [-0.25, -0.2) is 9.50 Å². The van der Waals surface area contributed by atoms with Gasteiger partial charge >= 0.3 is 0 Å². The summed E-state index contributed by atoms with van der Waals surface area (Å²) in [7, 11) is 3.43. The van der Waals surface area contributed by atoms with Crippen LogP contribution in [-0.2, 0) is 9.53 Å². The van der Waals surface area contributed by atoms with Gasteiger partial charge in [0.15, 0.2) is 11.4 Å². The number of ether oxygens (including phenoxy) is 2. The molecule has 4 heterocycles. The topological polar surface area (TPSA) is 96.8 Å².